The van der Waals surface area contributed by atoms with Crippen LogP contribution in [0.4, 0.5) is 17.5 Å². The van der Waals surface area contributed by atoms with E-state index in [1.54, 1.807) is 22.0 Å². The SMILES string of the molecule is Cc1c(N2C(=O)C3(CC3)c3cnc(NC4CCN(S(C)(=O)=O)CC4)nc32)cnn1C. The molecule has 0 atom stereocenters. The molecule has 0 aromatic carbocycles. The predicted octanol–water partition coefficient (Wildman–Crippen LogP) is 1.06. The lowest BCUT2D eigenvalue weighted by molar-refractivity contribution is -0.119. The minimum Gasteiger partial charge on any atom is -0.351 e. The van der Waals surface area contributed by atoms with Gasteiger partial charge in [-0.1, -0.05) is 0 Å². The summed E-state index contributed by atoms with van der Waals surface area (Å²) in [6, 6.07) is 0.0848. The highest BCUT2D eigenvalue weighted by atomic mass is 32.2. The molecule has 2 aliphatic heterocycles. The van der Waals surface area contributed by atoms with Crippen molar-refractivity contribution in [3.8, 4) is 0 Å². The first-order valence-electron chi connectivity index (χ1n) is 10.1. The minimum atomic E-state index is -3.16. The van der Waals surface area contributed by atoms with Crippen molar-refractivity contribution < 1.29 is 13.2 Å². The molecule has 3 aliphatic rings. The molecule has 0 unspecified atom stereocenters. The van der Waals surface area contributed by atoms with Gasteiger partial charge in [0.2, 0.25) is 21.9 Å². The van der Waals surface area contributed by atoms with Crippen molar-refractivity contribution in [1.82, 2.24) is 24.1 Å². The number of hydrogen-bond donors (Lipinski definition) is 1. The van der Waals surface area contributed by atoms with Gasteiger partial charge in [0.05, 0.1) is 29.2 Å². The quantitative estimate of drug-likeness (QED) is 0.770. The Labute approximate surface area is 175 Å². The second-order valence-corrected chi connectivity index (χ2v) is 10.5. The molecule has 160 valence electrons. The lowest BCUT2D eigenvalue weighted by Gasteiger charge is -2.30. The zero-order chi connectivity index (χ0) is 21.3. The third-order valence-electron chi connectivity index (χ3n) is 6.56. The van der Waals surface area contributed by atoms with Crippen LogP contribution in [0.3, 0.4) is 0 Å². The Morgan fingerprint density at radius 3 is 2.47 bits per heavy atom. The molecule has 1 N–H and O–H groups in total. The minimum absolute atomic E-state index is 0.0431. The van der Waals surface area contributed by atoms with Crippen LogP contribution in [0, 0.1) is 6.92 Å². The van der Waals surface area contributed by atoms with Crippen molar-refractivity contribution in [2.45, 2.75) is 44.1 Å². The van der Waals surface area contributed by atoms with E-state index in [-0.39, 0.29) is 11.9 Å². The van der Waals surface area contributed by atoms with E-state index in [1.165, 1.54) is 10.6 Å². The first-order chi connectivity index (χ1) is 14.2. The van der Waals surface area contributed by atoms with Crippen molar-refractivity contribution in [2.75, 3.05) is 29.6 Å². The third kappa shape index (κ3) is 2.90. The van der Waals surface area contributed by atoms with E-state index in [9.17, 15) is 13.2 Å². The van der Waals surface area contributed by atoms with E-state index >= 15 is 0 Å². The number of carbonyl (C=O) groups excluding carboxylic acids is 1. The van der Waals surface area contributed by atoms with Gasteiger partial charge in [-0.15, -0.1) is 0 Å². The molecule has 1 saturated carbocycles. The molecule has 2 aromatic heterocycles. The number of hydrogen-bond acceptors (Lipinski definition) is 7. The number of aryl methyl sites for hydroxylation is 1. The van der Waals surface area contributed by atoms with Gasteiger partial charge in [-0.25, -0.2) is 17.7 Å². The number of carbonyl (C=O) groups is 1. The number of aromatic nitrogens is 4. The molecular formula is C19H25N7O3S. The number of nitrogens with zero attached hydrogens (tertiary/aromatic N) is 6. The predicted molar refractivity (Wildman–Crippen MR) is 111 cm³/mol. The topological polar surface area (TPSA) is 113 Å². The molecule has 2 aromatic rings. The van der Waals surface area contributed by atoms with Gasteiger partial charge in [0.1, 0.15) is 5.82 Å². The highest BCUT2D eigenvalue weighted by Gasteiger charge is 2.61. The van der Waals surface area contributed by atoms with Crippen LogP contribution in [0.25, 0.3) is 0 Å². The Morgan fingerprint density at radius 2 is 1.90 bits per heavy atom. The molecule has 0 radical (unpaired) electrons. The van der Waals surface area contributed by atoms with E-state index in [1.807, 2.05) is 14.0 Å². The van der Waals surface area contributed by atoms with Gasteiger partial charge in [0.15, 0.2) is 0 Å². The molecule has 0 bridgehead atoms. The molecule has 10 nitrogen and oxygen atoms in total. The average molecular weight is 432 g/mol. The highest BCUT2D eigenvalue weighted by molar-refractivity contribution is 7.88. The van der Waals surface area contributed by atoms with E-state index < -0.39 is 15.4 Å². The fourth-order valence-corrected chi connectivity index (χ4v) is 5.30. The summed E-state index contributed by atoms with van der Waals surface area (Å²) < 4.78 is 26.7. The number of sulfonamides is 1. The first kappa shape index (κ1) is 19.4. The second kappa shape index (κ2) is 6.48. The Bertz CT molecular complexity index is 1130. The molecule has 1 amide bonds. The van der Waals surface area contributed by atoms with Crippen LogP contribution in [0.15, 0.2) is 12.4 Å². The summed E-state index contributed by atoms with van der Waals surface area (Å²) in [5, 5.41) is 7.62. The largest absolute Gasteiger partial charge is 0.351 e. The fourth-order valence-electron chi connectivity index (χ4n) is 4.43. The van der Waals surface area contributed by atoms with Crippen LogP contribution in [0.2, 0.25) is 0 Å². The average Bonchev–Trinajstić information content (AvgIpc) is 3.40. The van der Waals surface area contributed by atoms with Gasteiger partial charge in [-0.05, 0) is 32.6 Å². The van der Waals surface area contributed by atoms with Crippen molar-refractivity contribution in [1.29, 1.82) is 0 Å². The smallest absolute Gasteiger partial charge is 0.243 e. The fraction of sp³-hybridized carbons (Fsp3) is 0.579. The first-order valence-corrected chi connectivity index (χ1v) is 12.0. The molecule has 11 heteroatoms. The molecule has 5 rings (SSSR count). The Hall–Kier alpha value is -2.53. The van der Waals surface area contributed by atoms with Crippen LogP contribution >= 0.6 is 0 Å². The molecule has 30 heavy (non-hydrogen) atoms. The maximum Gasteiger partial charge on any atom is 0.243 e. The Morgan fingerprint density at radius 1 is 1.20 bits per heavy atom. The van der Waals surface area contributed by atoms with Crippen LogP contribution in [-0.2, 0) is 27.3 Å². The number of rotatable bonds is 4. The standard InChI is InChI=1S/C19H25N7O3S/c1-12-15(11-21-24(12)2)26-16-14(19(6-7-19)17(26)27)10-20-18(23-16)22-13-4-8-25(9-5-13)30(3,28)29/h10-11,13H,4-9H2,1-3H3,(H,20,22,23). The van der Waals surface area contributed by atoms with E-state index in [0.29, 0.717) is 37.7 Å². The van der Waals surface area contributed by atoms with E-state index in [2.05, 4.69) is 15.4 Å². The molecular weight excluding hydrogens is 406 g/mol. The molecule has 2 fully saturated rings. The van der Waals surface area contributed by atoms with Crippen molar-refractivity contribution in [3.05, 3.63) is 23.7 Å². The second-order valence-electron chi connectivity index (χ2n) is 8.47. The zero-order valence-electron chi connectivity index (χ0n) is 17.3. The van der Waals surface area contributed by atoms with Crippen LogP contribution in [0.5, 0.6) is 0 Å². The zero-order valence-corrected chi connectivity index (χ0v) is 18.1. The molecule has 1 spiro atoms. The van der Waals surface area contributed by atoms with Crippen molar-refractivity contribution in [3.63, 3.8) is 0 Å². The number of fused-ring (bicyclic) bond motifs is 2. The van der Waals surface area contributed by atoms with Gasteiger partial charge in [0, 0.05) is 37.9 Å². The van der Waals surface area contributed by atoms with Gasteiger partial charge in [0.25, 0.3) is 0 Å². The molecule has 1 aliphatic carbocycles. The molecule has 1 saturated heterocycles. The van der Waals surface area contributed by atoms with Gasteiger partial charge in [-0.3, -0.25) is 14.4 Å². The summed E-state index contributed by atoms with van der Waals surface area (Å²) in [4.78, 5) is 24.2. The summed E-state index contributed by atoms with van der Waals surface area (Å²) in [6.07, 6.45) is 7.71. The highest BCUT2D eigenvalue weighted by Crippen LogP contribution is 2.58. The number of nitrogens with one attached hydrogen (secondary N) is 1. The Kier molecular flexibility index (Phi) is 4.20. The van der Waals surface area contributed by atoms with Crippen LogP contribution < -0.4 is 10.2 Å². The Balaban J connectivity index is 1.42. The van der Waals surface area contributed by atoms with E-state index in [4.69, 9.17) is 4.98 Å². The summed E-state index contributed by atoms with van der Waals surface area (Å²) in [7, 11) is -1.31. The number of amides is 1. The summed E-state index contributed by atoms with van der Waals surface area (Å²) in [6.45, 7) is 2.89. The summed E-state index contributed by atoms with van der Waals surface area (Å²) in [5.74, 6) is 1.13. The van der Waals surface area contributed by atoms with Crippen LogP contribution in [0.1, 0.15) is 36.9 Å². The van der Waals surface area contributed by atoms with Crippen molar-refractivity contribution in [2.24, 2.45) is 7.05 Å². The van der Waals surface area contributed by atoms with E-state index in [0.717, 1.165) is 29.8 Å². The molecule has 4 heterocycles. The maximum atomic E-state index is 13.3. The summed E-state index contributed by atoms with van der Waals surface area (Å²) >= 11 is 0. The van der Waals surface area contributed by atoms with Crippen LogP contribution in [-0.4, -0.2) is 63.8 Å². The lowest BCUT2D eigenvalue weighted by atomic mass is 10.0. The van der Waals surface area contributed by atoms with Gasteiger partial charge < -0.3 is 5.32 Å². The summed E-state index contributed by atoms with van der Waals surface area (Å²) in [5.41, 5.74) is 2.04. The third-order valence-corrected chi connectivity index (χ3v) is 7.87. The normalized spacial score (nSPS) is 21.3. The monoisotopic (exact) mass is 431 g/mol. The van der Waals surface area contributed by atoms with Gasteiger partial charge >= 0.3 is 0 Å². The lowest BCUT2D eigenvalue weighted by Crippen LogP contribution is -2.42. The number of anilines is 3. The maximum absolute atomic E-state index is 13.3. The van der Waals surface area contributed by atoms with Crippen molar-refractivity contribution >= 4 is 33.4 Å². The van der Waals surface area contributed by atoms with Gasteiger partial charge in [-0.2, -0.15) is 10.1 Å². The number of piperidine rings is 1.